The number of imide groups is 1. The Kier molecular flexibility index (Phi) is 5.82. The Morgan fingerprint density at radius 1 is 1.00 bits per heavy atom. The van der Waals surface area contributed by atoms with E-state index in [0.717, 1.165) is 17.1 Å². The van der Waals surface area contributed by atoms with Crippen molar-refractivity contribution in [2.45, 2.75) is 31.3 Å². The molecule has 8 heteroatoms. The lowest BCUT2D eigenvalue weighted by atomic mass is 9.87. The van der Waals surface area contributed by atoms with E-state index in [0.29, 0.717) is 17.5 Å². The van der Waals surface area contributed by atoms with E-state index in [1.807, 2.05) is 34.9 Å². The Morgan fingerprint density at radius 3 is 2.32 bits per heavy atom. The number of urea groups is 1. The van der Waals surface area contributed by atoms with Crippen LogP contribution in [0.5, 0.6) is 0 Å². The SMILES string of the molecule is CC(C)(C)c1ccc(-c2nnc(SCCN3C(=O)CNC3=O)n2-c2ccccc2)cc1. The normalized spacial score (nSPS) is 14.2. The molecule has 1 aliphatic heterocycles. The van der Waals surface area contributed by atoms with Crippen molar-refractivity contribution in [2.24, 2.45) is 0 Å². The first-order chi connectivity index (χ1) is 14.8. The van der Waals surface area contributed by atoms with E-state index in [1.165, 1.54) is 22.2 Å². The first-order valence-corrected chi connectivity index (χ1v) is 11.2. The van der Waals surface area contributed by atoms with Gasteiger partial charge in [-0.25, -0.2) is 4.79 Å². The summed E-state index contributed by atoms with van der Waals surface area (Å²) in [6.45, 7) is 6.96. The lowest BCUT2D eigenvalue weighted by molar-refractivity contribution is -0.124. The molecule has 0 radical (unpaired) electrons. The lowest BCUT2D eigenvalue weighted by Gasteiger charge is -2.19. The summed E-state index contributed by atoms with van der Waals surface area (Å²) in [5, 5.41) is 12.1. The van der Waals surface area contributed by atoms with Gasteiger partial charge < -0.3 is 5.32 Å². The summed E-state index contributed by atoms with van der Waals surface area (Å²) in [4.78, 5) is 24.8. The van der Waals surface area contributed by atoms with E-state index in [9.17, 15) is 9.59 Å². The Hall–Kier alpha value is -3.13. The summed E-state index contributed by atoms with van der Waals surface area (Å²) >= 11 is 1.47. The number of nitrogens with one attached hydrogen (secondary N) is 1. The number of benzene rings is 2. The molecule has 1 fully saturated rings. The summed E-state index contributed by atoms with van der Waals surface area (Å²) in [5.74, 6) is 1.09. The molecule has 3 aromatic rings. The van der Waals surface area contributed by atoms with Crippen LogP contribution in [0, 0.1) is 0 Å². The zero-order valence-electron chi connectivity index (χ0n) is 17.8. The number of carbonyl (C=O) groups is 2. The molecule has 2 aromatic carbocycles. The van der Waals surface area contributed by atoms with Crippen molar-refractivity contribution in [3.05, 3.63) is 60.2 Å². The zero-order valence-corrected chi connectivity index (χ0v) is 18.6. The fraction of sp³-hybridized carbons (Fsp3) is 0.304. The molecule has 2 heterocycles. The summed E-state index contributed by atoms with van der Waals surface area (Å²) in [6.07, 6.45) is 0. The Labute approximate surface area is 185 Å². The monoisotopic (exact) mass is 435 g/mol. The molecule has 4 rings (SSSR count). The van der Waals surface area contributed by atoms with E-state index in [4.69, 9.17) is 0 Å². The average Bonchev–Trinajstić information content (AvgIpc) is 3.32. The van der Waals surface area contributed by atoms with Gasteiger partial charge in [0.25, 0.3) is 0 Å². The minimum Gasteiger partial charge on any atom is -0.329 e. The van der Waals surface area contributed by atoms with E-state index >= 15 is 0 Å². The van der Waals surface area contributed by atoms with Crippen LogP contribution in [-0.4, -0.2) is 50.4 Å². The highest BCUT2D eigenvalue weighted by molar-refractivity contribution is 7.99. The van der Waals surface area contributed by atoms with Gasteiger partial charge in [-0.05, 0) is 23.1 Å². The van der Waals surface area contributed by atoms with E-state index in [-0.39, 0.29) is 23.9 Å². The van der Waals surface area contributed by atoms with Gasteiger partial charge in [0.05, 0.1) is 6.54 Å². The number of carbonyl (C=O) groups excluding carboxylic acids is 2. The predicted molar refractivity (Wildman–Crippen MR) is 121 cm³/mol. The molecule has 160 valence electrons. The number of hydrogen-bond donors (Lipinski definition) is 1. The molecule has 1 aromatic heterocycles. The van der Waals surface area contributed by atoms with Gasteiger partial charge >= 0.3 is 6.03 Å². The second kappa shape index (κ2) is 8.55. The van der Waals surface area contributed by atoms with Crippen LogP contribution in [0.15, 0.2) is 59.8 Å². The largest absolute Gasteiger partial charge is 0.329 e. The van der Waals surface area contributed by atoms with E-state index in [1.54, 1.807) is 0 Å². The number of nitrogens with zero attached hydrogens (tertiary/aromatic N) is 4. The lowest BCUT2D eigenvalue weighted by Crippen LogP contribution is -2.32. The first kappa shape index (κ1) is 21.1. The minimum atomic E-state index is -0.338. The number of para-hydroxylation sites is 1. The molecule has 1 saturated heterocycles. The van der Waals surface area contributed by atoms with Crippen molar-refractivity contribution in [1.29, 1.82) is 0 Å². The Bertz CT molecular complexity index is 1070. The summed E-state index contributed by atoms with van der Waals surface area (Å²) < 4.78 is 2.02. The smallest absolute Gasteiger partial charge is 0.324 e. The van der Waals surface area contributed by atoms with Crippen LogP contribution in [0.3, 0.4) is 0 Å². The number of aromatic nitrogens is 3. The quantitative estimate of drug-likeness (QED) is 0.470. The van der Waals surface area contributed by atoms with Crippen LogP contribution in [0.4, 0.5) is 4.79 Å². The van der Waals surface area contributed by atoms with Crippen molar-refractivity contribution >= 4 is 23.7 Å². The molecule has 0 bridgehead atoms. The molecule has 0 aliphatic carbocycles. The highest BCUT2D eigenvalue weighted by Gasteiger charge is 2.28. The molecule has 7 nitrogen and oxygen atoms in total. The van der Waals surface area contributed by atoms with Gasteiger partial charge in [0, 0.05) is 23.5 Å². The third-order valence-electron chi connectivity index (χ3n) is 5.14. The van der Waals surface area contributed by atoms with Crippen molar-refractivity contribution in [2.75, 3.05) is 18.8 Å². The van der Waals surface area contributed by atoms with Crippen molar-refractivity contribution in [3.63, 3.8) is 0 Å². The molecule has 0 saturated carbocycles. The number of amides is 3. The molecule has 1 aliphatic rings. The van der Waals surface area contributed by atoms with Crippen molar-refractivity contribution in [3.8, 4) is 17.1 Å². The van der Waals surface area contributed by atoms with Crippen molar-refractivity contribution in [1.82, 2.24) is 25.0 Å². The fourth-order valence-electron chi connectivity index (χ4n) is 3.39. The summed E-state index contributed by atoms with van der Waals surface area (Å²) in [5.41, 5.74) is 3.27. The standard InChI is InChI=1S/C23H25N5O2S/c1-23(2,3)17-11-9-16(10-12-17)20-25-26-22(28(20)18-7-5-4-6-8-18)31-14-13-27-19(29)15-24-21(27)30/h4-12H,13-15H2,1-3H3,(H,24,30). The van der Waals surface area contributed by atoms with Gasteiger partial charge in [-0.2, -0.15) is 0 Å². The molecule has 0 spiro atoms. The molecule has 3 amide bonds. The highest BCUT2D eigenvalue weighted by atomic mass is 32.2. The third-order valence-corrected chi connectivity index (χ3v) is 6.05. The molecule has 1 N–H and O–H groups in total. The topological polar surface area (TPSA) is 80.1 Å². The second-order valence-corrected chi connectivity index (χ2v) is 9.42. The van der Waals surface area contributed by atoms with Gasteiger partial charge in [0.1, 0.15) is 0 Å². The van der Waals surface area contributed by atoms with Crippen LogP contribution in [0.1, 0.15) is 26.3 Å². The maximum Gasteiger partial charge on any atom is 0.324 e. The predicted octanol–water partition coefficient (Wildman–Crippen LogP) is 3.88. The van der Waals surface area contributed by atoms with Crippen LogP contribution in [-0.2, 0) is 10.2 Å². The molecule has 0 atom stereocenters. The minimum absolute atomic E-state index is 0.0679. The molecular weight excluding hydrogens is 410 g/mol. The molecule has 31 heavy (non-hydrogen) atoms. The van der Waals surface area contributed by atoms with Gasteiger partial charge in [0.15, 0.2) is 11.0 Å². The summed E-state index contributed by atoms with van der Waals surface area (Å²) in [7, 11) is 0. The maximum atomic E-state index is 11.8. The Morgan fingerprint density at radius 2 is 1.71 bits per heavy atom. The molecule has 0 unspecified atom stereocenters. The Balaban J connectivity index is 1.62. The second-order valence-electron chi connectivity index (χ2n) is 8.36. The third kappa shape index (κ3) is 4.49. The summed E-state index contributed by atoms with van der Waals surface area (Å²) in [6, 6.07) is 18.0. The fourth-order valence-corrected chi connectivity index (χ4v) is 4.27. The van der Waals surface area contributed by atoms with Gasteiger partial charge in [0.2, 0.25) is 5.91 Å². The van der Waals surface area contributed by atoms with Gasteiger partial charge in [-0.1, -0.05) is 75.0 Å². The van der Waals surface area contributed by atoms with Crippen molar-refractivity contribution < 1.29 is 9.59 Å². The number of thioether (sulfide) groups is 1. The van der Waals surface area contributed by atoms with Gasteiger partial charge in [-0.15, -0.1) is 10.2 Å². The first-order valence-electron chi connectivity index (χ1n) is 10.2. The average molecular weight is 436 g/mol. The van der Waals surface area contributed by atoms with Crippen LogP contribution in [0.2, 0.25) is 0 Å². The zero-order chi connectivity index (χ0) is 22.0. The van der Waals surface area contributed by atoms with Gasteiger partial charge in [-0.3, -0.25) is 14.3 Å². The van der Waals surface area contributed by atoms with E-state index < -0.39 is 0 Å². The number of hydrogen-bond acceptors (Lipinski definition) is 5. The van der Waals surface area contributed by atoms with E-state index in [2.05, 4.69) is 60.6 Å². The molecular formula is C23H25N5O2S. The highest BCUT2D eigenvalue weighted by Crippen LogP contribution is 2.30. The number of rotatable bonds is 6. The van der Waals surface area contributed by atoms with Crippen LogP contribution in [0.25, 0.3) is 17.1 Å². The van der Waals surface area contributed by atoms with Crippen LogP contribution < -0.4 is 5.32 Å². The maximum absolute atomic E-state index is 11.8. The van der Waals surface area contributed by atoms with Crippen LogP contribution >= 0.6 is 11.8 Å².